The van der Waals surface area contributed by atoms with Gasteiger partial charge in [-0.25, -0.2) is 0 Å². The van der Waals surface area contributed by atoms with Crippen LogP contribution in [0.25, 0.3) is 0 Å². The van der Waals surface area contributed by atoms with Crippen LogP contribution in [0, 0.1) is 5.92 Å². The van der Waals surface area contributed by atoms with Crippen LogP contribution in [0.1, 0.15) is 32.8 Å². The quantitative estimate of drug-likeness (QED) is 0.773. The normalized spacial score (nSPS) is 12.9. The highest BCUT2D eigenvalue weighted by Crippen LogP contribution is 2.12. The van der Waals surface area contributed by atoms with Crippen molar-refractivity contribution in [2.75, 3.05) is 13.1 Å². The Kier molecular flexibility index (Phi) is 7.33. The zero-order valence-corrected chi connectivity index (χ0v) is 12.3. The molecule has 0 aliphatic carbocycles. The zero-order chi connectivity index (χ0) is 13.4. The molecule has 1 aromatic rings. The molecule has 0 aliphatic rings. The van der Waals surface area contributed by atoms with Crippen molar-refractivity contribution >= 4 is 11.6 Å². The third kappa shape index (κ3) is 6.39. The number of benzene rings is 1. The lowest BCUT2D eigenvalue weighted by atomic mass is 10.2. The fourth-order valence-corrected chi connectivity index (χ4v) is 1.91. The van der Waals surface area contributed by atoms with Gasteiger partial charge in [-0.05, 0) is 36.6 Å². The minimum absolute atomic E-state index is 0.266. The van der Waals surface area contributed by atoms with Crippen LogP contribution in [0.15, 0.2) is 24.3 Å². The summed E-state index contributed by atoms with van der Waals surface area (Å²) in [4.78, 5) is 0. The molecule has 0 saturated carbocycles. The molecule has 0 spiro atoms. The molecule has 1 aromatic carbocycles. The van der Waals surface area contributed by atoms with Crippen LogP contribution >= 0.6 is 11.6 Å². The molecule has 0 aromatic heterocycles. The summed E-state index contributed by atoms with van der Waals surface area (Å²) < 4.78 is 5.89. The molecule has 1 rings (SSSR count). The summed E-state index contributed by atoms with van der Waals surface area (Å²) >= 11 is 5.94. The van der Waals surface area contributed by atoms with E-state index < -0.39 is 0 Å². The summed E-state index contributed by atoms with van der Waals surface area (Å²) in [7, 11) is 0. The predicted molar refractivity (Wildman–Crippen MR) is 78.0 cm³/mol. The van der Waals surface area contributed by atoms with E-state index >= 15 is 0 Å². The fourth-order valence-electron chi connectivity index (χ4n) is 1.69. The summed E-state index contributed by atoms with van der Waals surface area (Å²) in [5.41, 5.74) is 1.13. The van der Waals surface area contributed by atoms with Crippen molar-refractivity contribution in [2.45, 2.75) is 39.9 Å². The lowest BCUT2D eigenvalue weighted by Crippen LogP contribution is -2.31. The van der Waals surface area contributed by atoms with E-state index in [2.05, 4.69) is 26.1 Å². The van der Waals surface area contributed by atoms with E-state index in [0.29, 0.717) is 12.5 Å². The third-order valence-corrected chi connectivity index (χ3v) is 2.99. The highest BCUT2D eigenvalue weighted by molar-refractivity contribution is 6.30. The lowest BCUT2D eigenvalue weighted by molar-refractivity contribution is 0.0381. The summed E-state index contributed by atoms with van der Waals surface area (Å²) in [5, 5.41) is 4.20. The molecule has 3 heteroatoms. The fraction of sp³-hybridized carbons (Fsp3) is 0.600. The largest absolute Gasteiger partial charge is 0.372 e. The number of halogens is 1. The van der Waals surface area contributed by atoms with Crippen LogP contribution in [0.3, 0.4) is 0 Å². The Labute approximate surface area is 116 Å². The second kappa shape index (κ2) is 8.52. The second-order valence-corrected chi connectivity index (χ2v) is 5.46. The van der Waals surface area contributed by atoms with Gasteiger partial charge in [-0.2, -0.15) is 0 Å². The van der Waals surface area contributed by atoms with Gasteiger partial charge in [-0.15, -0.1) is 0 Å². The van der Waals surface area contributed by atoms with Crippen LogP contribution < -0.4 is 5.32 Å². The summed E-state index contributed by atoms with van der Waals surface area (Å²) in [5.74, 6) is 0.676. The molecule has 1 atom stereocenters. The van der Waals surface area contributed by atoms with Crippen molar-refractivity contribution in [1.29, 1.82) is 0 Å². The van der Waals surface area contributed by atoms with Gasteiger partial charge < -0.3 is 10.1 Å². The highest BCUT2D eigenvalue weighted by atomic mass is 35.5. The van der Waals surface area contributed by atoms with Gasteiger partial charge in [-0.1, -0.05) is 44.5 Å². The Morgan fingerprint density at radius 3 is 2.67 bits per heavy atom. The molecule has 1 N–H and O–H groups in total. The second-order valence-electron chi connectivity index (χ2n) is 5.02. The Balaban J connectivity index is 2.30. The van der Waals surface area contributed by atoms with Crippen LogP contribution in [0.5, 0.6) is 0 Å². The van der Waals surface area contributed by atoms with E-state index in [1.807, 2.05) is 24.3 Å². The summed E-state index contributed by atoms with van der Waals surface area (Å²) in [6.07, 6.45) is 1.29. The van der Waals surface area contributed by atoms with Gasteiger partial charge in [0.15, 0.2) is 0 Å². The average molecular weight is 270 g/mol. The zero-order valence-electron chi connectivity index (χ0n) is 11.6. The maximum atomic E-state index is 5.94. The maximum absolute atomic E-state index is 5.94. The molecule has 102 valence electrons. The molecule has 0 radical (unpaired) electrons. The Morgan fingerprint density at radius 1 is 1.28 bits per heavy atom. The monoisotopic (exact) mass is 269 g/mol. The smallest absolute Gasteiger partial charge is 0.0721 e. The Hall–Kier alpha value is -0.570. The number of ether oxygens (including phenoxy) is 1. The van der Waals surface area contributed by atoms with E-state index in [0.717, 1.165) is 30.1 Å². The first kappa shape index (κ1) is 15.5. The number of nitrogens with one attached hydrogen (secondary N) is 1. The first-order valence-corrected chi connectivity index (χ1v) is 7.06. The topological polar surface area (TPSA) is 21.3 Å². The molecule has 0 heterocycles. The van der Waals surface area contributed by atoms with Crippen LogP contribution in [-0.4, -0.2) is 19.2 Å². The molecule has 0 bridgehead atoms. The van der Waals surface area contributed by atoms with Gasteiger partial charge in [0.1, 0.15) is 0 Å². The van der Waals surface area contributed by atoms with E-state index in [4.69, 9.17) is 16.3 Å². The van der Waals surface area contributed by atoms with Crippen molar-refractivity contribution in [2.24, 2.45) is 5.92 Å². The molecule has 1 unspecified atom stereocenters. The van der Waals surface area contributed by atoms with Gasteiger partial charge in [0, 0.05) is 11.6 Å². The molecule has 18 heavy (non-hydrogen) atoms. The van der Waals surface area contributed by atoms with Crippen LogP contribution in [0.4, 0.5) is 0 Å². The molecule has 0 amide bonds. The van der Waals surface area contributed by atoms with Gasteiger partial charge in [0.05, 0.1) is 12.7 Å². The van der Waals surface area contributed by atoms with Crippen molar-refractivity contribution in [3.05, 3.63) is 34.9 Å². The first-order chi connectivity index (χ1) is 8.61. The van der Waals surface area contributed by atoms with Crippen molar-refractivity contribution in [3.63, 3.8) is 0 Å². The Morgan fingerprint density at radius 2 is 2.06 bits per heavy atom. The van der Waals surface area contributed by atoms with Crippen LogP contribution in [-0.2, 0) is 11.3 Å². The SMILES string of the molecule is CCC(CNCC(C)C)OCc1cccc(Cl)c1. The number of hydrogen-bond acceptors (Lipinski definition) is 2. The van der Waals surface area contributed by atoms with E-state index in [1.54, 1.807) is 0 Å². The minimum atomic E-state index is 0.266. The van der Waals surface area contributed by atoms with Gasteiger partial charge in [0.25, 0.3) is 0 Å². The standard InChI is InChI=1S/C15H24ClNO/c1-4-15(10-17-9-12(2)3)18-11-13-6-5-7-14(16)8-13/h5-8,12,15,17H,4,9-11H2,1-3H3. The van der Waals surface area contributed by atoms with Gasteiger partial charge >= 0.3 is 0 Å². The maximum Gasteiger partial charge on any atom is 0.0721 e. The van der Waals surface area contributed by atoms with Crippen molar-refractivity contribution in [1.82, 2.24) is 5.32 Å². The van der Waals surface area contributed by atoms with Crippen molar-refractivity contribution in [3.8, 4) is 0 Å². The summed E-state index contributed by atoms with van der Waals surface area (Å²) in [6, 6.07) is 7.83. The van der Waals surface area contributed by atoms with Gasteiger partial charge in [0.2, 0.25) is 0 Å². The third-order valence-electron chi connectivity index (χ3n) is 2.75. The average Bonchev–Trinajstić information content (AvgIpc) is 2.33. The predicted octanol–water partition coefficient (Wildman–Crippen LogP) is 3.88. The van der Waals surface area contributed by atoms with E-state index in [-0.39, 0.29) is 6.10 Å². The molecule has 0 fully saturated rings. The number of hydrogen-bond donors (Lipinski definition) is 1. The highest BCUT2D eigenvalue weighted by Gasteiger charge is 2.07. The molecule has 0 aliphatic heterocycles. The van der Waals surface area contributed by atoms with Crippen molar-refractivity contribution < 1.29 is 4.74 Å². The molecular formula is C15H24ClNO. The Bertz CT molecular complexity index is 341. The molecule has 0 saturated heterocycles. The molecule has 2 nitrogen and oxygen atoms in total. The lowest BCUT2D eigenvalue weighted by Gasteiger charge is -2.18. The summed E-state index contributed by atoms with van der Waals surface area (Å²) in [6.45, 7) is 9.15. The van der Waals surface area contributed by atoms with Gasteiger partial charge in [-0.3, -0.25) is 0 Å². The molecular weight excluding hydrogens is 246 g/mol. The van der Waals surface area contributed by atoms with E-state index in [9.17, 15) is 0 Å². The minimum Gasteiger partial charge on any atom is -0.372 e. The van der Waals surface area contributed by atoms with Crippen LogP contribution in [0.2, 0.25) is 5.02 Å². The first-order valence-electron chi connectivity index (χ1n) is 6.68. The number of rotatable bonds is 8. The van der Waals surface area contributed by atoms with E-state index in [1.165, 1.54) is 0 Å².